The number of thiol groups is 1. The Bertz CT molecular complexity index is 91.4. The standard InChI is InChI=1S/C8H15NS/c1-3-5-9(6-4-2)7-8-10/h3-4,10H,1-2,5-8H2/p+1. The van der Waals surface area contributed by atoms with Gasteiger partial charge in [0.2, 0.25) is 0 Å². The second-order valence-corrected chi connectivity index (χ2v) is 2.66. The summed E-state index contributed by atoms with van der Waals surface area (Å²) in [6.07, 6.45) is 3.87. The Morgan fingerprint density at radius 2 is 1.70 bits per heavy atom. The Morgan fingerprint density at radius 1 is 1.20 bits per heavy atom. The van der Waals surface area contributed by atoms with Gasteiger partial charge in [0.15, 0.2) is 0 Å². The van der Waals surface area contributed by atoms with E-state index in [-0.39, 0.29) is 0 Å². The van der Waals surface area contributed by atoms with Crippen molar-refractivity contribution < 1.29 is 4.90 Å². The van der Waals surface area contributed by atoms with Crippen molar-refractivity contribution in [2.75, 3.05) is 25.4 Å². The van der Waals surface area contributed by atoms with E-state index >= 15 is 0 Å². The van der Waals surface area contributed by atoms with E-state index in [1.165, 1.54) is 4.90 Å². The number of hydrogen-bond donors (Lipinski definition) is 2. The SMILES string of the molecule is C=CC[NH+](CC=C)CCS. The van der Waals surface area contributed by atoms with Gasteiger partial charge in [0, 0.05) is 5.75 Å². The normalized spacial score (nSPS) is 9.80. The lowest BCUT2D eigenvalue weighted by Gasteiger charge is -2.13. The van der Waals surface area contributed by atoms with Crippen molar-refractivity contribution in [3.8, 4) is 0 Å². The molecule has 0 aliphatic rings. The van der Waals surface area contributed by atoms with Crippen LogP contribution in [0.4, 0.5) is 0 Å². The van der Waals surface area contributed by atoms with Gasteiger partial charge in [0.05, 0.1) is 19.6 Å². The van der Waals surface area contributed by atoms with Crippen molar-refractivity contribution in [3.05, 3.63) is 25.3 Å². The van der Waals surface area contributed by atoms with Crippen molar-refractivity contribution >= 4 is 12.6 Å². The largest absolute Gasteiger partial charge is 0.328 e. The Kier molecular flexibility index (Phi) is 6.76. The van der Waals surface area contributed by atoms with Gasteiger partial charge in [-0.05, 0) is 12.2 Å². The molecule has 10 heavy (non-hydrogen) atoms. The first-order chi connectivity index (χ1) is 4.85. The van der Waals surface area contributed by atoms with Crippen LogP contribution in [0.2, 0.25) is 0 Å². The maximum Gasteiger partial charge on any atom is 0.0958 e. The molecule has 0 aromatic carbocycles. The first-order valence-corrected chi connectivity index (χ1v) is 4.14. The molecule has 58 valence electrons. The predicted molar refractivity (Wildman–Crippen MR) is 49.8 cm³/mol. The van der Waals surface area contributed by atoms with Crippen LogP contribution in [0.3, 0.4) is 0 Å². The van der Waals surface area contributed by atoms with Gasteiger partial charge in [-0.2, -0.15) is 12.6 Å². The summed E-state index contributed by atoms with van der Waals surface area (Å²) >= 11 is 4.16. The zero-order valence-corrected chi connectivity index (χ0v) is 7.24. The molecule has 0 saturated heterocycles. The fourth-order valence-corrected chi connectivity index (χ4v) is 1.17. The quantitative estimate of drug-likeness (QED) is 0.401. The van der Waals surface area contributed by atoms with Gasteiger partial charge in [-0.25, -0.2) is 0 Å². The molecule has 0 heterocycles. The minimum Gasteiger partial charge on any atom is -0.328 e. The smallest absolute Gasteiger partial charge is 0.0958 e. The van der Waals surface area contributed by atoms with E-state index in [1.807, 2.05) is 12.2 Å². The van der Waals surface area contributed by atoms with Crippen molar-refractivity contribution in [3.63, 3.8) is 0 Å². The monoisotopic (exact) mass is 158 g/mol. The van der Waals surface area contributed by atoms with Crippen LogP contribution in [0.25, 0.3) is 0 Å². The van der Waals surface area contributed by atoms with Gasteiger partial charge < -0.3 is 4.90 Å². The summed E-state index contributed by atoms with van der Waals surface area (Å²) in [5, 5.41) is 0. The van der Waals surface area contributed by atoms with Crippen LogP contribution >= 0.6 is 12.6 Å². The molecule has 0 atom stereocenters. The lowest BCUT2D eigenvalue weighted by Crippen LogP contribution is -3.12. The molecule has 0 spiro atoms. The molecule has 0 unspecified atom stereocenters. The summed E-state index contributed by atoms with van der Waals surface area (Å²) in [6, 6.07) is 0. The van der Waals surface area contributed by atoms with Crippen LogP contribution in [0.5, 0.6) is 0 Å². The molecule has 0 radical (unpaired) electrons. The Balaban J connectivity index is 3.48. The molecule has 2 heteroatoms. The van der Waals surface area contributed by atoms with Gasteiger partial charge in [0.25, 0.3) is 0 Å². The highest BCUT2D eigenvalue weighted by molar-refractivity contribution is 7.80. The van der Waals surface area contributed by atoms with Crippen LogP contribution in [-0.4, -0.2) is 25.4 Å². The second-order valence-electron chi connectivity index (χ2n) is 2.21. The highest BCUT2D eigenvalue weighted by atomic mass is 32.1. The van der Waals surface area contributed by atoms with Crippen LogP contribution in [0, 0.1) is 0 Å². The van der Waals surface area contributed by atoms with Crippen molar-refractivity contribution in [1.82, 2.24) is 0 Å². The fraction of sp³-hybridized carbons (Fsp3) is 0.500. The third kappa shape index (κ3) is 4.65. The third-order valence-corrected chi connectivity index (χ3v) is 1.55. The molecule has 1 N–H and O–H groups in total. The molecule has 0 saturated carbocycles. The Labute approximate surface area is 68.8 Å². The number of rotatable bonds is 6. The molecule has 0 aromatic rings. The average molecular weight is 158 g/mol. The molecule has 0 fully saturated rings. The maximum absolute atomic E-state index is 4.16. The minimum absolute atomic E-state index is 0.928. The van der Waals surface area contributed by atoms with Gasteiger partial charge >= 0.3 is 0 Å². The Hall–Kier alpha value is -0.210. The summed E-state index contributed by atoms with van der Waals surface area (Å²) in [7, 11) is 0. The van der Waals surface area contributed by atoms with E-state index in [0.29, 0.717) is 0 Å². The van der Waals surface area contributed by atoms with E-state index < -0.39 is 0 Å². The first kappa shape index (κ1) is 9.79. The van der Waals surface area contributed by atoms with Crippen LogP contribution in [0.15, 0.2) is 25.3 Å². The van der Waals surface area contributed by atoms with Crippen molar-refractivity contribution in [1.29, 1.82) is 0 Å². The average Bonchev–Trinajstić information content (AvgIpc) is 1.90. The fourth-order valence-electron chi connectivity index (χ4n) is 0.854. The summed E-state index contributed by atoms with van der Waals surface area (Å²) in [6.45, 7) is 10.5. The zero-order chi connectivity index (χ0) is 7.82. The van der Waals surface area contributed by atoms with Gasteiger partial charge in [-0.3, -0.25) is 0 Å². The van der Waals surface area contributed by atoms with Crippen LogP contribution < -0.4 is 4.90 Å². The number of hydrogen-bond acceptors (Lipinski definition) is 1. The number of nitrogens with one attached hydrogen (secondary N) is 1. The Morgan fingerprint density at radius 3 is 2.00 bits per heavy atom. The second kappa shape index (κ2) is 6.90. The third-order valence-electron chi connectivity index (χ3n) is 1.33. The summed E-state index contributed by atoms with van der Waals surface area (Å²) < 4.78 is 0. The first-order valence-electron chi connectivity index (χ1n) is 3.51. The predicted octanol–water partition coefficient (Wildman–Crippen LogP) is 0.173. The van der Waals surface area contributed by atoms with Crippen molar-refractivity contribution in [2.24, 2.45) is 0 Å². The maximum atomic E-state index is 4.16. The molecule has 0 aliphatic heterocycles. The highest BCUT2D eigenvalue weighted by Crippen LogP contribution is 1.65. The molecule has 0 aromatic heterocycles. The molecule has 0 aliphatic carbocycles. The van der Waals surface area contributed by atoms with Gasteiger partial charge in [0.1, 0.15) is 0 Å². The van der Waals surface area contributed by atoms with E-state index in [4.69, 9.17) is 0 Å². The molecule has 0 bridgehead atoms. The topological polar surface area (TPSA) is 4.44 Å². The molecule has 0 rings (SSSR count). The van der Waals surface area contributed by atoms with E-state index in [1.54, 1.807) is 0 Å². The summed E-state index contributed by atoms with van der Waals surface area (Å²) in [5.41, 5.74) is 0. The molecule has 0 amide bonds. The van der Waals surface area contributed by atoms with E-state index in [0.717, 1.165) is 25.4 Å². The van der Waals surface area contributed by atoms with Crippen LogP contribution in [-0.2, 0) is 0 Å². The molecular formula is C8H16NS+. The molecule has 1 nitrogen and oxygen atoms in total. The summed E-state index contributed by atoms with van der Waals surface area (Å²) in [4.78, 5) is 1.47. The van der Waals surface area contributed by atoms with E-state index in [2.05, 4.69) is 25.8 Å². The van der Waals surface area contributed by atoms with Gasteiger partial charge in [-0.1, -0.05) is 13.2 Å². The minimum atomic E-state index is 0.928. The van der Waals surface area contributed by atoms with Crippen LogP contribution in [0.1, 0.15) is 0 Å². The lowest BCUT2D eigenvalue weighted by atomic mass is 10.4. The van der Waals surface area contributed by atoms with Gasteiger partial charge in [-0.15, -0.1) is 0 Å². The number of quaternary nitrogens is 1. The lowest BCUT2D eigenvalue weighted by molar-refractivity contribution is -0.885. The highest BCUT2D eigenvalue weighted by Gasteiger charge is 1.99. The van der Waals surface area contributed by atoms with Crippen molar-refractivity contribution in [2.45, 2.75) is 0 Å². The molecular weight excluding hydrogens is 142 g/mol. The zero-order valence-electron chi connectivity index (χ0n) is 6.34. The van der Waals surface area contributed by atoms with E-state index in [9.17, 15) is 0 Å². The summed E-state index contributed by atoms with van der Waals surface area (Å²) in [5.74, 6) is 0.928.